The van der Waals surface area contributed by atoms with Crippen LogP contribution in [0.15, 0.2) is 36.4 Å². The molecule has 3 rings (SSSR count). The summed E-state index contributed by atoms with van der Waals surface area (Å²) in [4.78, 5) is 16.3. The Kier molecular flexibility index (Phi) is 5.00. The lowest BCUT2D eigenvalue weighted by atomic mass is 10.1. The van der Waals surface area contributed by atoms with E-state index in [4.69, 9.17) is 11.6 Å². The molecule has 132 valence electrons. The van der Waals surface area contributed by atoms with Gasteiger partial charge >= 0.3 is 5.69 Å². The molecule has 0 radical (unpaired) electrons. The van der Waals surface area contributed by atoms with Gasteiger partial charge in [0.05, 0.1) is 17.6 Å². The van der Waals surface area contributed by atoms with E-state index in [-0.39, 0.29) is 23.2 Å². The first-order valence-electron chi connectivity index (χ1n) is 7.69. The number of anilines is 3. The second-order valence-electron chi connectivity index (χ2n) is 5.75. The molecule has 0 spiro atoms. The van der Waals surface area contributed by atoms with Crippen molar-refractivity contribution >= 4 is 34.5 Å². The van der Waals surface area contributed by atoms with E-state index in [1.807, 2.05) is 4.90 Å². The molecule has 2 heterocycles. The number of aliphatic hydroxyl groups is 1. The van der Waals surface area contributed by atoms with Crippen LogP contribution in [0.5, 0.6) is 0 Å². The maximum Gasteiger partial charge on any atom is 0.311 e. The second-order valence-corrected chi connectivity index (χ2v) is 6.14. The molecule has 7 nitrogen and oxygen atoms in total. The minimum atomic E-state index is -1.27. The maximum atomic E-state index is 13.6. The third-order valence-corrected chi connectivity index (χ3v) is 4.25. The Balaban J connectivity index is 1.75. The van der Waals surface area contributed by atoms with Gasteiger partial charge in [0.25, 0.3) is 0 Å². The highest BCUT2D eigenvalue weighted by Crippen LogP contribution is 2.29. The zero-order valence-electron chi connectivity index (χ0n) is 13.1. The van der Waals surface area contributed by atoms with Crippen LogP contribution in [-0.2, 0) is 0 Å². The van der Waals surface area contributed by atoms with E-state index in [1.165, 1.54) is 12.1 Å². The fourth-order valence-corrected chi connectivity index (χ4v) is 2.83. The molecule has 2 N–H and O–H groups in total. The van der Waals surface area contributed by atoms with Crippen LogP contribution in [0.4, 0.5) is 27.3 Å². The zero-order chi connectivity index (χ0) is 18.0. The van der Waals surface area contributed by atoms with Gasteiger partial charge in [-0.1, -0.05) is 11.6 Å². The molecule has 1 aliphatic heterocycles. The van der Waals surface area contributed by atoms with Gasteiger partial charge in [-0.2, -0.15) is 0 Å². The molecule has 25 heavy (non-hydrogen) atoms. The number of nitrogens with zero attached hydrogens (tertiary/aromatic N) is 3. The quantitative estimate of drug-likeness (QED) is 0.490. The smallest absolute Gasteiger partial charge is 0.311 e. The van der Waals surface area contributed by atoms with Crippen molar-refractivity contribution in [2.24, 2.45) is 0 Å². The second kappa shape index (κ2) is 7.20. The van der Waals surface area contributed by atoms with Gasteiger partial charge in [0.2, 0.25) is 5.82 Å². The first kappa shape index (κ1) is 17.4. The highest BCUT2D eigenvalue weighted by molar-refractivity contribution is 6.29. The molecule has 1 aromatic heterocycles. The number of pyridine rings is 1. The van der Waals surface area contributed by atoms with Crippen LogP contribution in [-0.4, -0.2) is 40.4 Å². The van der Waals surface area contributed by atoms with Gasteiger partial charge < -0.3 is 15.3 Å². The van der Waals surface area contributed by atoms with Crippen LogP contribution in [0.2, 0.25) is 5.15 Å². The van der Waals surface area contributed by atoms with Crippen molar-refractivity contribution in [2.45, 2.75) is 18.7 Å². The van der Waals surface area contributed by atoms with E-state index in [0.717, 1.165) is 5.69 Å². The van der Waals surface area contributed by atoms with E-state index in [2.05, 4.69) is 10.3 Å². The predicted octanol–water partition coefficient (Wildman–Crippen LogP) is 3.30. The normalized spacial score (nSPS) is 20.4. The summed E-state index contributed by atoms with van der Waals surface area (Å²) in [5.74, 6) is 0.0511. The minimum Gasteiger partial charge on any atom is -0.390 e. The van der Waals surface area contributed by atoms with Crippen LogP contribution in [0.1, 0.15) is 6.42 Å². The van der Waals surface area contributed by atoms with E-state index in [0.29, 0.717) is 18.7 Å². The highest BCUT2D eigenvalue weighted by atomic mass is 35.5. The average molecular weight is 367 g/mol. The third-order valence-electron chi connectivity index (χ3n) is 4.04. The Hall–Kier alpha value is -2.45. The van der Waals surface area contributed by atoms with Crippen LogP contribution in [0, 0.1) is 10.1 Å². The molecule has 9 heteroatoms. The summed E-state index contributed by atoms with van der Waals surface area (Å²) in [5.41, 5.74) is 1.22. The van der Waals surface area contributed by atoms with Gasteiger partial charge in [0, 0.05) is 24.0 Å². The number of hydrogen-bond acceptors (Lipinski definition) is 6. The SMILES string of the molecule is O=[N+]([O-])c1ccc(Cl)nc1Nc1ccc(N2CCC(O)C(F)C2)cc1. The summed E-state index contributed by atoms with van der Waals surface area (Å²) in [6, 6.07) is 9.64. The van der Waals surface area contributed by atoms with Crippen LogP contribution < -0.4 is 10.2 Å². The lowest BCUT2D eigenvalue weighted by Crippen LogP contribution is -2.44. The fraction of sp³-hybridized carbons (Fsp3) is 0.312. The summed E-state index contributed by atoms with van der Waals surface area (Å²) < 4.78 is 13.6. The largest absolute Gasteiger partial charge is 0.390 e. The first-order valence-corrected chi connectivity index (χ1v) is 8.07. The molecule has 0 bridgehead atoms. The Labute approximate surface area is 148 Å². The van der Waals surface area contributed by atoms with Crippen molar-refractivity contribution in [3.63, 3.8) is 0 Å². The number of rotatable bonds is 4. The maximum absolute atomic E-state index is 13.6. The Morgan fingerprint density at radius 2 is 2.04 bits per heavy atom. The fourth-order valence-electron chi connectivity index (χ4n) is 2.69. The predicted molar refractivity (Wildman–Crippen MR) is 93.4 cm³/mol. The third kappa shape index (κ3) is 3.97. The van der Waals surface area contributed by atoms with E-state index >= 15 is 0 Å². The van der Waals surface area contributed by atoms with E-state index in [9.17, 15) is 19.6 Å². The standard InChI is InChI=1S/C16H16ClFN4O3/c17-15-6-5-13(22(24)25)16(20-15)19-10-1-3-11(4-2-10)21-8-7-14(23)12(18)9-21/h1-6,12,14,23H,7-9H2,(H,19,20). The topological polar surface area (TPSA) is 91.5 Å². The minimum absolute atomic E-state index is 0.0511. The molecule has 2 atom stereocenters. The molecule has 1 aromatic carbocycles. The molecule has 1 aliphatic rings. The lowest BCUT2D eigenvalue weighted by Gasteiger charge is -2.33. The molecule has 1 saturated heterocycles. The van der Waals surface area contributed by atoms with Crippen LogP contribution in [0.25, 0.3) is 0 Å². The first-order chi connectivity index (χ1) is 11.9. The molecule has 0 amide bonds. The number of benzene rings is 1. The van der Waals surface area contributed by atoms with E-state index in [1.54, 1.807) is 24.3 Å². The number of aliphatic hydroxyl groups excluding tert-OH is 1. The number of nitro groups is 1. The van der Waals surface area contributed by atoms with Crippen LogP contribution >= 0.6 is 11.6 Å². The molecule has 0 aliphatic carbocycles. The average Bonchev–Trinajstić information content (AvgIpc) is 2.58. The van der Waals surface area contributed by atoms with Gasteiger partial charge in [0.15, 0.2) is 0 Å². The van der Waals surface area contributed by atoms with Crippen molar-refractivity contribution < 1.29 is 14.4 Å². The zero-order valence-corrected chi connectivity index (χ0v) is 13.9. The number of hydrogen-bond donors (Lipinski definition) is 2. The Morgan fingerprint density at radius 3 is 2.68 bits per heavy atom. The van der Waals surface area contributed by atoms with Gasteiger partial charge in [0.1, 0.15) is 11.3 Å². The van der Waals surface area contributed by atoms with Crippen molar-refractivity contribution in [3.05, 3.63) is 51.7 Å². The lowest BCUT2D eigenvalue weighted by molar-refractivity contribution is -0.384. The van der Waals surface area contributed by atoms with Gasteiger partial charge in [-0.3, -0.25) is 10.1 Å². The summed E-state index contributed by atoms with van der Waals surface area (Å²) in [5, 5.41) is 23.5. The summed E-state index contributed by atoms with van der Waals surface area (Å²) in [6.07, 6.45) is -1.81. The number of halogens is 2. The number of piperidine rings is 1. The number of nitrogens with one attached hydrogen (secondary N) is 1. The van der Waals surface area contributed by atoms with Crippen molar-refractivity contribution in [2.75, 3.05) is 23.3 Å². The van der Waals surface area contributed by atoms with Gasteiger partial charge in [-0.25, -0.2) is 9.37 Å². The van der Waals surface area contributed by atoms with Crippen molar-refractivity contribution in [1.29, 1.82) is 0 Å². The summed E-state index contributed by atoms with van der Waals surface area (Å²) in [6.45, 7) is 0.699. The molecular weight excluding hydrogens is 351 g/mol. The monoisotopic (exact) mass is 366 g/mol. The van der Waals surface area contributed by atoms with Crippen LogP contribution in [0.3, 0.4) is 0 Å². The summed E-state index contributed by atoms with van der Waals surface area (Å²) >= 11 is 5.80. The number of alkyl halides is 1. The van der Waals surface area contributed by atoms with Crippen molar-refractivity contribution in [3.8, 4) is 0 Å². The molecule has 1 fully saturated rings. The van der Waals surface area contributed by atoms with Crippen molar-refractivity contribution in [1.82, 2.24) is 4.98 Å². The Morgan fingerprint density at radius 1 is 1.32 bits per heavy atom. The number of aromatic nitrogens is 1. The highest BCUT2D eigenvalue weighted by Gasteiger charge is 2.27. The van der Waals surface area contributed by atoms with Gasteiger partial charge in [-0.15, -0.1) is 0 Å². The molecule has 2 unspecified atom stereocenters. The molecular formula is C16H16ClFN4O3. The molecule has 0 saturated carbocycles. The van der Waals surface area contributed by atoms with E-state index < -0.39 is 17.2 Å². The summed E-state index contributed by atoms with van der Waals surface area (Å²) in [7, 11) is 0. The molecule has 2 aromatic rings. The van der Waals surface area contributed by atoms with Gasteiger partial charge in [-0.05, 0) is 36.8 Å². The Bertz CT molecular complexity index is 774.